The Morgan fingerprint density at radius 1 is 0.769 bits per heavy atom. The smallest absolute Gasteiger partial charge is 0.197 e. The summed E-state index contributed by atoms with van der Waals surface area (Å²) in [6.07, 6.45) is 0. The van der Waals surface area contributed by atoms with Crippen molar-refractivity contribution in [2.45, 2.75) is 0 Å². The molecule has 5 heteroatoms. The molecule has 0 bridgehead atoms. The Labute approximate surface area is 152 Å². The number of para-hydroxylation sites is 1. The molecule has 5 rings (SSSR count). The fraction of sp³-hybridized carbons (Fsp3) is 0.0476. The molecule has 0 aliphatic heterocycles. The zero-order chi connectivity index (χ0) is 18.0. The second kappa shape index (κ2) is 5.19. The summed E-state index contributed by atoms with van der Waals surface area (Å²) in [7, 11) is 1.90. The highest BCUT2D eigenvalue weighted by Crippen LogP contribution is 2.24. The first kappa shape index (κ1) is 15.2. The number of aryl methyl sites for hydroxylation is 1. The highest BCUT2D eigenvalue weighted by molar-refractivity contribution is 6.31. The lowest BCUT2D eigenvalue weighted by Gasteiger charge is -2.12. The average molecular weight is 361 g/mol. The van der Waals surface area contributed by atoms with Gasteiger partial charge in [-0.25, -0.2) is 0 Å². The number of aromatic amines is 1. The van der Waals surface area contributed by atoms with Crippen molar-refractivity contribution in [1.82, 2.24) is 9.55 Å². The molecule has 0 amide bonds. The predicted octanol–water partition coefficient (Wildman–Crippen LogP) is 4.34. The average Bonchev–Trinajstić information content (AvgIpc) is 2.66. The zero-order valence-corrected chi connectivity index (χ0v) is 14.6. The molecule has 0 spiro atoms. The van der Waals surface area contributed by atoms with E-state index in [-0.39, 0.29) is 10.9 Å². The SMILES string of the molecule is Cn1c2ccccc2c(=O)c2cc3[nH]c4ccc(Cl)cc4c(=O)c3cc21. The lowest BCUT2D eigenvalue weighted by atomic mass is 10.0. The van der Waals surface area contributed by atoms with Gasteiger partial charge in [0.2, 0.25) is 0 Å². The Bertz CT molecular complexity index is 1500. The number of pyridine rings is 2. The number of nitrogens with one attached hydrogen (secondary N) is 1. The first-order chi connectivity index (χ1) is 12.5. The topological polar surface area (TPSA) is 54.9 Å². The maximum absolute atomic E-state index is 13.0. The van der Waals surface area contributed by atoms with E-state index in [4.69, 9.17) is 11.6 Å². The second-order valence-electron chi connectivity index (χ2n) is 6.46. The van der Waals surface area contributed by atoms with Crippen molar-refractivity contribution in [3.05, 3.63) is 80.1 Å². The monoisotopic (exact) mass is 360 g/mol. The van der Waals surface area contributed by atoms with Crippen LogP contribution in [0.5, 0.6) is 0 Å². The summed E-state index contributed by atoms with van der Waals surface area (Å²) in [5.41, 5.74) is 2.78. The van der Waals surface area contributed by atoms with Crippen molar-refractivity contribution in [3.8, 4) is 0 Å². The van der Waals surface area contributed by atoms with Gasteiger partial charge in [-0.1, -0.05) is 23.7 Å². The Kier molecular flexibility index (Phi) is 3.03. The molecule has 0 atom stereocenters. The molecule has 126 valence electrons. The fourth-order valence-corrected chi connectivity index (χ4v) is 3.85. The van der Waals surface area contributed by atoms with Crippen LogP contribution >= 0.6 is 11.6 Å². The third kappa shape index (κ3) is 1.96. The molecule has 4 nitrogen and oxygen atoms in total. The van der Waals surface area contributed by atoms with Crippen LogP contribution in [-0.2, 0) is 7.05 Å². The van der Waals surface area contributed by atoms with Crippen LogP contribution in [0.25, 0.3) is 43.6 Å². The molecule has 0 unspecified atom stereocenters. The number of fused-ring (bicyclic) bond motifs is 4. The van der Waals surface area contributed by atoms with Crippen LogP contribution in [-0.4, -0.2) is 9.55 Å². The predicted molar refractivity (Wildman–Crippen MR) is 107 cm³/mol. The molecular formula is C21H13ClN2O2. The summed E-state index contributed by atoms with van der Waals surface area (Å²) in [4.78, 5) is 29.2. The van der Waals surface area contributed by atoms with Crippen LogP contribution in [0.2, 0.25) is 5.02 Å². The Balaban J connectivity index is 2.06. The van der Waals surface area contributed by atoms with E-state index < -0.39 is 0 Å². The molecule has 26 heavy (non-hydrogen) atoms. The van der Waals surface area contributed by atoms with Gasteiger partial charge in [0.05, 0.1) is 16.6 Å². The molecule has 0 aliphatic rings. The Morgan fingerprint density at radius 3 is 2.35 bits per heavy atom. The molecule has 1 N–H and O–H groups in total. The van der Waals surface area contributed by atoms with Gasteiger partial charge in [-0.2, -0.15) is 0 Å². The molecule has 3 aromatic carbocycles. The zero-order valence-electron chi connectivity index (χ0n) is 13.8. The molecular weight excluding hydrogens is 348 g/mol. The number of rotatable bonds is 0. The highest BCUT2D eigenvalue weighted by Gasteiger charge is 2.12. The first-order valence-corrected chi connectivity index (χ1v) is 8.59. The lowest BCUT2D eigenvalue weighted by molar-refractivity contribution is 1.00. The summed E-state index contributed by atoms with van der Waals surface area (Å²) in [6.45, 7) is 0. The van der Waals surface area contributed by atoms with E-state index in [2.05, 4.69) is 4.98 Å². The lowest BCUT2D eigenvalue weighted by Crippen LogP contribution is -2.11. The summed E-state index contributed by atoms with van der Waals surface area (Å²) < 4.78 is 1.95. The largest absolute Gasteiger partial charge is 0.354 e. The summed E-state index contributed by atoms with van der Waals surface area (Å²) >= 11 is 6.05. The van der Waals surface area contributed by atoms with E-state index in [0.29, 0.717) is 37.6 Å². The van der Waals surface area contributed by atoms with Crippen LogP contribution in [0.1, 0.15) is 0 Å². The van der Waals surface area contributed by atoms with Gasteiger partial charge in [0.15, 0.2) is 10.9 Å². The van der Waals surface area contributed by atoms with Crippen LogP contribution in [0.15, 0.2) is 64.2 Å². The number of benzene rings is 3. The van der Waals surface area contributed by atoms with Gasteiger partial charge in [0.25, 0.3) is 0 Å². The van der Waals surface area contributed by atoms with E-state index in [1.54, 1.807) is 30.3 Å². The third-order valence-corrected chi connectivity index (χ3v) is 5.23. The Hall–Kier alpha value is -3.11. The minimum atomic E-state index is -0.0984. The van der Waals surface area contributed by atoms with Gasteiger partial charge in [-0.3, -0.25) is 9.59 Å². The fourth-order valence-electron chi connectivity index (χ4n) is 3.68. The van der Waals surface area contributed by atoms with Crippen LogP contribution in [0.3, 0.4) is 0 Å². The summed E-state index contributed by atoms with van der Waals surface area (Å²) in [5, 5.41) is 2.84. The number of halogens is 1. The van der Waals surface area contributed by atoms with E-state index in [1.165, 1.54) is 0 Å². The van der Waals surface area contributed by atoms with Crippen LogP contribution < -0.4 is 10.9 Å². The van der Waals surface area contributed by atoms with Gasteiger partial charge < -0.3 is 9.55 Å². The van der Waals surface area contributed by atoms with Gasteiger partial charge in [-0.15, -0.1) is 0 Å². The number of aromatic nitrogens is 2. The van der Waals surface area contributed by atoms with Crippen molar-refractivity contribution in [1.29, 1.82) is 0 Å². The van der Waals surface area contributed by atoms with Gasteiger partial charge in [0, 0.05) is 39.1 Å². The minimum Gasteiger partial charge on any atom is -0.354 e. The Morgan fingerprint density at radius 2 is 1.50 bits per heavy atom. The molecule has 0 radical (unpaired) electrons. The number of nitrogens with zero attached hydrogens (tertiary/aromatic N) is 1. The summed E-state index contributed by atoms with van der Waals surface area (Å²) in [5.74, 6) is 0. The molecule has 0 aliphatic carbocycles. The van der Waals surface area contributed by atoms with Gasteiger partial charge in [-0.05, 0) is 42.5 Å². The number of H-pyrrole nitrogens is 1. The minimum absolute atomic E-state index is 0.0346. The maximum Gasteiger partial charge on any atom is 0.197 e. The van der Waals surface area contributed by atoms with Crippen LogP contribution in [0, 0.1) is 0 Å². The van der Waals surface area contributed by atoms with Crippen molar-refractivity contribution < 1.29 is 0 Å². The normalized spacial score (nSPS) is 11.8. The first-order valence-electron chi connectivity index (χ1n) is 8.21. The number of hydrogen-bond donors (Lipinski definition) is 1. The van der Waals surface area contributed by atoms with E-state index in [9.17, 15) is 9.59 Å². The highest BCUT2D eigenvalue weighted by atomic mass is 35.5. The van der Waals surface area contributed by atoms with Crippen molar-refractivity contribution >= 4 is 55.2 Å². The van der Waals surface area contributed by atoms with Crippen LogP contribution in [0.4, 0.5) is 0 Å². The third-order valence-electron chi connectivity index (χ3n) is 4.99. The van der Waals surface area contributed by atoms with Crippen molar-refractivity contribution in [3.63, 3.8) is 0 Å². The molecule has 2 aromatic heterocycles. The summed E-state index contributed by atoms with van der Waals surface area (Å²) in [6, 6.07) is 16.2. The molecule has 0 saturated heterocycles. The van der Waals surface area contributed by atoms with Crippen molar-refractivity contribution in [2.75, 3.05) is 0 Å². The standard InChI is InChI=1S/C21H13ClN2O2/c1-24-18-5-3-2-4-12(18)20(25)15-9-17-14(10-19(15)24)21(26)13-8-11(22)6-7-16(13)23-17/h2-10H,1H3,(H,23,26). The molecule has 5 aromatic rings. The van der Waals surface area contributed by atoms with Gasteiger partial charge >= 0.3 is 0 Å². The van der Waals surface area contributed by atoms with E-state index in [1.807, 2.05) is 35.9 Å². The van der Waals surface area contributed by atoms with Crippen molar-refractivity contribution in [2.24, 2.45) is 7.05 Å². The van der Waals surface area contributed by atoms with E-state index in [0.717, 1.165) is 11.0 Å². The molecule has 0 saturated carbocycles. The number of hydrogen-bond acceptors (Lipinski definition) is 2. The molecule has 2 heterocycles. The molecule has 0 fully saturated rings. The maximum atomic E-state index is 13.0. The van der Waals surface area contributed by atoms with Gasteiger partial charge in [0.1, 0.15) is 0 Å². The van der Waals surface area contributed by atoms with E-state index >= 15 is 0 Å². The second-order valence-corrected chi connectivity index (χ2v) is 6.90. The quantitative estimate of drug-likeness (QED) is 0.418.